The van der Waals surface area contributed by atoms with Gasteiger partial charge in [-0.25, -0.2) is 0 Å². The van der Waals surface area contributed by atoms with Crippen LogP contribution in [0.3, 0.4) is 0 Å². The monoisotopic (exact) mass is 286 g/mol. The fourth-order valence-electron chi connectivity index (χ4n) is 2.39. The Bertz CT molecular complexity index is 634. The van der Waals surface area contributed by atoms with E-state index in [1.165, 1.54) is 0 Å². The summed E-state index contributed by atoms with van der Waals surface area (Å²) in [6.07, 6.45) is 2.04. The van der Waals surface area contributed by atoms with Gasteiger partial charge in [0, 0.05) is 18.7 Å². The molecule has 1 aliphatic rings. The molecule has 1 amide bonds. The Labute approximate surface area is 123 Å². The first kappa shape index (κ1) is 13.8. The summed E-state index contributed by atoms with van der Waals surface area (Å²) in [5, 5.41) is 6.67. The standard InChI is InChI=1S/C16H18N2O3/c1-16(20-2,12-8-9-12)15(19)17-14-10-13(21-18-14)11-6-4-3-5-7-11/h3-7,10,12H,8-9H2,1-2H3,(H,17,18,19). The van der Waals surface area contributed by atoms with Gasteiger partial charge in [-0.2, -0.15) is 0 Å². The molecular formula is C16H18N2O3. The first-order valence-electron chi connectivity index (χ1n) is 7.02. The molecule has 5 heteroatoms. The number of anilines is 1. The molecule has 1 aromatic carbocycles. The molecule has 1 aromatic heterocycles. The van der Waals surface area contributed by atoms with Gasteiger partial charge in [-0.1, -0.05) is 35.5 Å². The van der Waals surface area contributed by atoms with Gasteiger partial charge in [0.1, 0.15) is 5.60 Å². The summed E-state index contributed by atoms with van der Waals surface area (Å²) in [7, 11) is 1.57. The van der Waals surface area contributed by atoms with E-state index in [1.54, 1.807) is 13.2 Å². The number of methoxy groups -OCH3 is 1. The van der Waals surface area contributed by atoms with Crippen molar-refractivity contribution in [3.8, 4) is 11.3 Å². The molecule has 0 bridgehead atoms. The Morgan fingerprint density at radius 1 is 1.38 bits per heavy atom. The second-order valence-electron chi connectivity index (χ2n) is 5.48. The summed E-state index contributed by atoms with van der Waals surface area (Å²) < 4.78 is 10.7. The second kappa shape index (κ2) is 5.33. The Balaban J connectivity index is 1.74. The molecule has 1 saturated carbocycles. The van der Waals surface area contributed by atoms with Crippen LogP contribution in [0.2, 0.25) is 0 Å². The van der Waals surface area contributed by atoms with E-state index < -0.39 is 5.60 Å². The Kier molecular flexibility index (Phi) is 3.51. The van der Waals surface area contributed by atoms with Crippen molar-refractivity contribution in [2.45, 2.75) is 25.4 Å². The van der Waals surface area contributed by atoms with Crippen LogP contribution >= 0.6 is 0 Å². The van der Waals surface area contributed by atoms with Crippen LogP contribution < -0.4 is 5.32 Å². The van der Waals surface area contributed by atoms with Crippen LogP contribution in [0.25, 0.3) is 11.3 Å². The van der Waals surface area contributed by atoms with Crippen LogP contribution in [0.1, 0.15) is 19.8 Å². The van der Waals surface area contributed by atoms with Crippen LogP contribution in [-0.2, 0) is 9.53 Å². The van der Waals surface area contributed by atoms with E-state index in [-0.39, 0.29) is 11.8 Å². The molecule has 3 rings (SSSR count). The first-order chi connectivity index (χ1) is 10.1. The molecule has 0 saturated heterocycles. The molecule has 0 spiro atoms. The lowest BCUT2D eigenvalue weighted by Gasteiger charge is -2.25. The third-order valence-corrected chi connectivity index (χ3v) is 4.04. The van der Waals surface area contributed by atoms with Crippen molar-refractivity contribution in [3.63, 3.8) is 0 Å². The van der Waals surface area contributed by atoms with Crippen molar-refractivity contribution < 1.29 is 14.1 Å². The smallest absolute Gasteiger partial charge is 0.257 e. The highest BCUT2D eigenvalue weighted by molar-refractivity contribution is 5.97. The topological polar surface area (TPSA) is 64.4 Å². The van der Waals surface area contributed by atoms with Gasteiger partial charge in [-0.15, -0.1) is 0 Å². The molecule has 0 aliphatic heterocycles. The fourth-order valence-corrected chi connectivity index (χ4v) is 2.39. The van der Waals surface area contributed by atoms with Crippen LogP contribution in [0.15, 0.2) is 40.9 Å². The van der Waals surface area contributed by atoms with Crippen molar-refractivity contribution in [3.05, 3.63) is 36.4 Å². The Morgan fingerprint density at radius 2 is 2.10 bits per heavy atom. The lowest BCUT2D eigenvalue weighted by Crippen LogP contribution is -2.44. The van der Waals surface area contributed by atoms with E-state index in [1.807, 2.05) is 37.3 Å². The molecule has 1 unspecified atom stereocenters. The summed E-state index contributed by atoms with van der Waals surface area (Å²) in [6.45, 7) is 1.82. The van der Waals surface area contributed by atoms with Crippen LogP contribution in [0.4, 0.5) is 5.82 Å². The lowest BCUT2D eigenvalue weighted by molar-refractivity contribution is -0.138. The molecule has 110 valence electrons. The lowest BCUT2D eigenvalue weighted by atomic mass is 9.99. The summed E-state index contributed by atoms with van der Waals surface area (Å²) >= 11 is 0. The number of hydrogen-bond donors (Lipinski definition) is 1. The number of carbonyl (C=O) groups excluding carboxylic acids is 1. The molecule has 21 heavy (non-hydrogen) atoms. The molecular weight excluding hydrogens is 268 g/mol. The maximum Gasteiger partial charge on any atom is 0.257 e. The minimum absolute atomic E-state index is 0.180. The zero-order valence-electron chi connectivity index (χ0n) is 12.1. The maximum atomic E-state index is 12.4. The number of carbonyl (C=O) groups is 1. The van der Waals surface area contributed by atoms with E-state index in [2.05, 4.69) is 10.5 Å². The van der Waals surface area contributed by atoms with Gasteiger partial charge >= 0.3 is 0 Å². The predicted molar refractivity (Wildman–Crippen MR) is 78.7 cm³/mol. The van der Waals surface area contributed by atoms with Gasteiger partial charge in [-0.3, -0.25) is 4.79 Å². The maximum absolute atomic E-state index is 12.4. The van der Waals surface area contributed by atoms with Gasteiger partial charge in [0.05, 0.1) is 0 Å². The third-order valence-electron chi connectivity index (χ3n) is 4.04. The van der Waals surface area contributed by atoms with Crippen LogP contribution in [0, 0.1) is 5.92 Å². The van der Waals surface area contributed by atoms with Gasteiger partial charge in [0.2, 0.25) is 0 Å². The highest BCUT2D eigenvalue weighted by Crippen LogP contribution is 2.42. The van der Waals surface area contributed by atoms with Crippen LogP contribution in [0.5, 0.6) is 0 Å². The third kappa shape index (κ3) is 2.69. The SMILES string of the molecule is COC(C)(C(=O)Nc1cc(-c2ccccc2)on1)C1CC1. The molecule has 5 nitrogen and oxygen atoms in total. The molecule has 1 aliphatic carbocycles. The van der Waals surface area contributed by atoms with E-state index in [0.29, 0.717) is 11.6 Å². The predicted octanol–water partition coefficient (Wildman–Crippen LogP) is 3.10. The number of ether oxygens (including phenoxy) is 1. The minimum atomic E-state index is -0.800. The Morgan fingerprint density at radius 3 is 2.71 bits per heavy atom. The van der Waals surface area contributed by atoms with Crippen molar-refractivity contribution in [1.82, 2.24) is 5.16 Å². The van der Waals surface area contributed by atoms with Crippen LogP contribution in [-0.4, -0.2) is 23.8 Å². The van der Waals surface area contributed by atoms with E-state index >= 15 is 0 Å². The van der Waals surface area contributed by atoms with Crippen molar-refractivity contribution >= 4 is 11.7 Å². The van der Waals surface area contributed by atoms with Gasteiger partial charge < -0.3 is 14.6 Å². The highest BCUT2D eigenvalue weighted by atomic mass is 16.5. The van der Waals surface area contributed by atoms with Crippen molar-refractivity contribution in [2.24, 2.45) is 5.92 Å². The number of nitrogens with zero attached hydrogens (tertiary/aromatic N) is 1. The average Bonchev–Trinajstić information content (AvgIpc) is 3.28. The summed E-state index contributed by atoms with van der Waals surface area (Å²) in [5.74, 6) is 1.13. The minimum Gasteiger partial charge on any atom is -0.368 e. The average molecular weight is 286 g/mol. The number of rotatable bonds is 5. The number of nitrogens with one attached hydrogen (secondary N) is 1. The molecule has 1 atom stereocenters. The quantitative estimate of drug-likeness (QED) is 0.917. The van der Waals surface area contributed by atoms with E-state index in [9.17, 15) is 4.79 Å². The number of hydrogen-bond acceptors (Lipinski definition) is 4. The Hall–Kier alpha value is -2.14. The van der Waals surface area contributed by atoms with E-state index in [4.69, 9.17) is 9.26 Å². The summed E-state index contributed by atoms with van der Waals surface area (Å²) in [5.41, 5.74) is 0.119. The molecule has 1 N–H and O–H groups in total. The summed E-state index contributed by atoms with van der Waals surface area (Å²) in [4.78, 5) is 12.4. The summed E-state index contributed by atoms with van der Waals surface area (Å²) in [6, 6.07) is 11.3. The molecule has 0 radical (unpaired) electrons. The molecule has 2 aromatic rings. The number of aromatic nitrogens is 1. The van der Waals surface area contributed by atoms with Gasteiger partial charge in [0.15, 0.2) is 11.6 Å². The fraction of sp³-hybridized carbons (Fsp3) is 0.375. The highest BCUT2D eigenvalue weighted by Gasteiger charge is 2.47. The zero-order chi connectivity index (χ0) is 14.9. The van der Waals surface area contributed by atoms with Crippen molar-refractivity contribution in [2.75, 3.05) is 12.4 Å². The van der Waals surface area contributed by atoms with E-state index in [0.717, 1.165) is 18.4 Å². The molecule has 1 heterocycles. The van der Waals surface area contributed by atoms with Gasteiger partial charge in [-0.05, 0) is 25.7 Å². The van der Waals surface area contributed by atoms with Crippen molar-refractivity contribution in [1.29, 1.82) is 0 Å². The largest absolute Gasteiger partial charge is 0.368 e. The number of amides is 1. The number of benzene rings is 1. The first-order valence-corrected chi connectivity index (χ1v) is 7.02. The second-order valence-corrected chi connectivity index (χ2v) is 5.48. The van der Waals surface area contributed by atoms with Gasteiger partial charge in [0.25, 0.3) is 5.91 Å². The normalized spacial score (nSPS) is 17.2. The zero-order valence-corrected chi connectivity index (χ0v) is 12.1. The molecule has 1 fully saturated rings.